The smallest absolute Gasteiger partial charge is 0.302 e. The maximum absolute atomic E-state index is 10.1. The van der Waals surface area contributed by atoms with Crippen molar-refractivity contribution in [3.05, 3.63) is 0 Å². The molecule has 0 aliphatic carbocycles. The number of hydrogen-bond acceptors (Lipinski definition) is 4. The molecule has 0 bridgehead atoms. The number of esters is 2. The molecule has 0 atom stereocenters. The molecular weight excluding hydrogens is 208 g/mol. The van der Waals surface area contributed by atoms with Gasteiger partial charge in [0.1, 0.15) is 0 Å². The first-order valence-corrected chi connectivity index (χ1v) is 5.66. The van der Waals surface area contributed by atoms with Crippen LogP contribution in [0.2, 0.25) is 0 Å². The van der Waals surface area contributed by atoms with Gasteiger partial charge in [0.2, 0.25) is 0 Å². The predicted molar refractivity (Wildman–Crippen MR) is 63.0 cm³/mol. The van der Waals surface area contributed by atoms with Gasteiger partial charge in [-0.1, -0.05) is 27.2 Å². The molecule has 0 heterocycles. The van der Waals surface area contributed by atoms with Crippen LogP contribution in [0.1, 0.15) is 47.5 Å². The average molecular weight is 232 g/mol. The summed E-state index contributed by atoms with van der Waals surface area (Å²) in [7, 11) is 0. The van der Waals surface area contributed by atoms with Crippen LogP contribution in [0.5, 0.6) is 0 Å². The molecule has 0 aliphatic heterocycles. The highest BCUT2D eigenvalue weighted by Crippen LogP contribution is 1.91. The number of carbonyl (C=O) groups excluding carboxylic acids is 2. The SMILES string of the molecule is CC(=O)OCC(C)C.CCCCOC(C)=O. The van der Waals surface area contributed by atoms with Gasteiger partial charge >= 0.3 is 11.9 Å². The first-order chi connectivity index (χ1) is 7.40. The minimum absolute atomic E-state index is 0.182. The fourth-order valence-corrected chi connectivity index (χ4v) is 0.644. The topological polar surface area (TPSA) is 52.6 Å². The van der Waals surface area contributed by atoms with Crippen molar-refractivity contribution in [2.75, 3.05) is 13.2 Å². The third-order valence-corrected chi connectivity index (χ3v) is 1.42. The number of rotatable bonds is 5. The monoisotopic (exact) mass is 232 g/mol. The highest BCUT2D eigenvalue weighted by molar-refractivity contribution is 5.66. The first-order valence-electron chi connectivity index (χ1n) is 5.66. The summed E-state index contributed by atoms with van der Waals surface area (Å²) < 4.78 is 9.31. The molecule has 0 aromatic carbocycles. The van der Waals surface area contributed by atoms with Crippen LogP contribution >= 0.6 is 0 Å². The van der Waals surface area contributed by atoms with Crippen LogP contribution in [-0.2, 0) is 19.1 Å². The summed E-state index contributed by atoms with van der Waals surface area (Å²) in [5.41, 5.74) is 0. The average Bonchev–Trinajstić information content (AvgIpc) is 2.16. The second kappa shape index (κ2) is 12.0. The van der Waals surface area contributed by atoms with E-state index in [4.69, 9.17) is 0 Å². The molecule has 0 spiro atoms. The van der Waals surface area contributed by atoms with Gasteiger partial charge in [0.05, 0.1) is 13.2 Å². The zero-order chi connectivity index (χ0) is 13.0. The van der Waals surface area contributed by atoms with Gasteiger partial charge in [-0.25, -0.2) is 0 Å². The van der Waals surface area contributed by atoms with E-state index in [2.05, 4.69) is 16.4 Å². The lowest BCUT2D eigenvalue weighted by atomic mass is 10.2. The van der Waals surface area contributed by atoms with E-state index < -0.39 is 0 Å². The van der Waals surface area contributed by atoms with Crippen molar-refractivity contribution in [2.45, 2.75) is 47.5 Å². The number of ether oxygens (including phenoxy) is 2. The lowest BCUT2D eigenvalue weighted by molar-refractivity contribution is -0.142. The molecule has 16 heavy (non-hydrogen) atoms. The summed E-state index contributed by atoms with van der Waals surface area (Å²) in [5.74, 6) is 0.0658. The van der Waals surface area contributed by atoms with Gasteiger partial charge in [0.15, 0.2) is 0 Å². The zero-order valence-corrected chi connectivity index (χ0v) is 11.0. The van der Waals surface area contributed by atoms with E-state index in [1.807, 2.05) is 13.8 Å². The first kappa shape index (κ1) is 17.3. The second-order valence-electron chi connectivity index (χ2n) is 3.89. The highest BCUT2D eigenvalue weighted by atomic mass is 16.5. The third-order valence-electron chi connectivity index (χ3n) is 1.42. The minimum Gasteiger partial charge on any atom is -0.466 e. The molecule has 0 rings (SSSR count). The van der Waals surface area contributed by atoms with Gasteiger partial charge < -0.3 is 9.47 Å². The minimum atomic E-state index is -0.196. The maximum Gasteiger partial charge on any atom is 0.302 e. The Morgan fingerprint density at radius 2 is 1.56 bits per heavy atom. The van der Waals surface area contributed by atoms with Gasteiger partial charge in [-0.15, -0.1) is 0 Å². The van der Waals surface area contributed by atoms with Gasteiger partial charge in [-0.3, -0.25) is 9.59 Å². The third kappa shape index (κ3) is 23.1. The number of carbonyl (C=O) groups is 2. The summed E-state index contributed by atoms with van der Waals surface area (Å²) in [4.78, 5) is 20.2. The molecule has 0 unspecified atom stereocenters. The van der Waals surface area contributed by atoms with E-state index in [-0.39, 0.29) is 11.9 Å². The molecule has 0 aromatic rings. The van der Waals surface area contributed by atoms with Crippen molar-refractivity contribution < 1.29 is 19.1 Å². The Morgan fingerprint density at radius 3 is 1.81 bits per heavy atom. The van der Waals surface area contributed by atoms with Gasteiger partial charge in [-0.2, -0.15) is 0 Å². The van der Waals surface area contributed by atoms with Crippen molar-refractivity contribution in [3.63, 3.8) is 0 Å². The number of hydrogen-bond donors (Lipinski definition) is 0. The van der Waals surface area contributed by atoms with E-state index >= 15 is 0 Å². The normalized spacial score (nSPS) is 9.12. The largest absolute Gasteiger partial charge is 0.466 e. The molecule has 4 nitrogen and oxygen atoms in total. The van der Waals surface area contributed by atoms with Crippen LogP contribution in [0.4, 0.5) is 0 Å². The van der Waals surface area contributed by atoms with E-state index in [1.54, 1.807) is 0 Å². The van der Waals surface area contributed by atoms with Gasteiger partial charge in [-0.05, 0) is 12.3 Å². The molecular formula is C12H24O4. The Labute approximate surface area is 98.3 Å². The van der Waals surface area contributed by atoms with E-state index in [0.29, 0.717) is 19.1 Å². The standard InChI is InChI=1S/2C6H12O2/c1-5(2)4-8-6(3)7;1-3-4-5-8-6(2)7/h5H,4H2,1-3H3;3-5H2,1-2H3. The Bertz CT molecular complexity index is 187. The Hall–Kier alpha value is -1.06. The summed E-state index contributed by atoms with van der Waals surface area (Å²) in [6.45, 7) is 10.0. The molecule has 0 N–H and O–H groups in total. The summed E-state index contributed by atoms with van der Waals surface area (Å²) in [6.07, 6.45) is 2.05. The molecule has 0 saturated carbocycles. The summed E-state index contributed by atoms with van der Waals surface area (Å²) >= 11 is 0. The number of unbranched alkanes of at least 4 members (excludes halogenated alkanes) is 1. The van der Waals surface area contributed by atoms with E-state index in [9.17, 15) is 9.59 Å². The molecule has 0 aromatic heterocycles. The zero-order valence-electron chi connectivity index (χ0n) is 11.0. The predicted octanol–water partition coefficient (Wildman–Crippen LogP) is 2.56. The summed E-state index contributed by atoms with van der Waals surface area (Å²) in [6, 6.07) is 0. The van der Waals surface area contributed by atoms with E-state index in [0.717, 1.165) is 12.8 Å². The lowest BCUT2D eigenvalue weighted by Crippen LogP contribution is -2.05. The van der Waals surface area contributed by atoms with Crippen molar-refractivity contribution >= 4 is 11.9 Å². The fraction of sp³-hybridized carbons (Fsp3) is 0.833. The van der Waals surface area contributed by atoms with Crippen molar-refractivity contribution in [3.8, 4) is 0 Å². The summed E-state index contributed by atoms with van der Waals surface area (Å²) in [5, 5.41) is 0. The molecule has 4 heteroatoms. The Morgan fingerprint density at radius 1 is 1.06 bits per heavy atom. The van der Waals surface area contributed by atoms with Crippen molar-refractivity contribution in [1.29, 1.82) is 0 Å². The van der Waals surface area contributed by atoms with Crippen molar-refractivity contribution in [1.82, 2.24) is 0 Å². The molecule has 0 saturated heterocycles. The molecule has 96 valence electrons. The van der Waals surface area contributed by atoms with Gasteiger partial charge in [0.25, 0.3) is 0 Å². The lowest BCUT2D eigenvalue weighted by Gasteiger charge is -2.02. The fourth-order valence-electron chi connectivity index (χ4n) is 0.644. The molecule has 0 fully saturated rings. The maximum atomic E-state index is 10.1. The van der Waals surface area contributed by atoms with Crippen LogP contribution < -0.4 is 0 Å². The van der Waals surface area contributed by atoms with Crippen LogP contribution in [0, 0.1) is 5.92 Å². The highest BCUT2D eigenvalue weighted by Gasteiger charge is 1.94. The van der Waals surface area contributed by atoms with E-state index in [1.165, 1.54) is 13.8 Å². The molecule has 0 amide bonds. The van der Waals surface area contributed by atoms with Gasteiger partial charge in [0, 0.05) is 13.8 Å². The Balaban J connectivity index is 0. The van der Waals surface area contributed by atoms with Crippen molar-refractivity contribution in [2.24, 2.45) is 5.92 Å². The van der Waals surface area contributed by atoms with Crippen LogP contribution in [0.3, 0.4) is 0 Å². The van der Waals surface area contributed by atoms with Crippen LogP contribution in [-0.4, -0.2) is 25.2 Å². The van der Waals surface area contributed by atoms with Crippen LogP contribution in [0.15, 0.2) is 0 Å². The molecule has 0 radical (unpaired) electrons. The second-order valence-corrected chi connectivity index (χ2v) is 3.89. The quantitative estimate of drug-likeness (QED) is 0.540. The Kier molecular flexibility index (Phi) is 13.0. The molecule has 0 aliphatic rings. The van der Waals surface area contributed by atoms with Crippen LogP contribution in [0.25, 0.3) is 0 Å².